The number of hydrogen-bond donors (Lipinski definition) is 1. The fraction of sp³-hybridized carbons (Fsp3) is 0.294. The van der Waals surface area contributed by atoms with E-state index in [0.29, 0.717) is 0 Å². The fourth-order valence-corrected chi connectivity index (χ4v) is 2.45. The van der Waals surface area contributed by atoms with Gasteiger partial charge in [0.15, 0.2) is 0 Å². The van der Waals surface area contributed by atoms with Crippen LogP contribution < -0.4 is 5.32 Å². The summed E-state index contributed by atoms with van der Waals surface area (Å²) in [5.74, 6) is 0. The Morgan fingerprint density at radius 3 is 2.21 bits per heavy atom. The molecule has 0 aliphatic rings. The first kappa shape index (κ1) is 14.1. The van der Waals surface area contributed by atoms with Gasteiger partial charge in [0.2, 0.25) is 0 Å². The maximum Gasteiger partial charge on any atom is 0.0574 e. The Morgan fingerprint density at radius 2 is 1.68 bits per heavy atom. The van der Waals surface area contributed by atoms with Crippen molar-refractivity contribution in [3.8, 4) is 0 Å². The van der Waals surface area contributed by atoms with E-state index in [1.165, 1.54) is 16.7 Å². The lowest BCUT2D eigenvalue weighted by molar-refractivity contribution is 0.691. The third-order valence-electron chi connectivity index (χ3n) is 3.54. The molecule has 0 bridgehead atoms. The van der Waals surface area contributed by atoms with Crippen molar-refractivity contribution in [2.45, 2.75) is 26.3 Å². The summed E-state index contributed by atoms with van der Waals surface area (Å²) in [5, 5.41) is 4.18. The van der Waals surface area contributed by atoms with Crippen molar-refractivity contribution in [3.63, 3.8) is 0 Å². The number of halogens is 1. The van der Waals surface area contributed by atoms with Gasteiger partial charge in [-0.2, -0.15) is 0 Å². The maximum absolute atomic E-state index is 6.22. The summed E-state index contributed by atoms with van der Waals surface area (Å²) in [5.41, 5.74) is 4.93. The maximum atomic E-state index is 6.22. The molecule has 19 heavy (non-hydrogen) atoms. The van der Waals surface area contributed by atoms with E-state index in [0.717, 1.165) is 17.0 Å². The van der Waals surface area contributed by atoms with Gasteiger partial charge in [0, 0.05) is 5.02 Å². The molecule has 1 N–H and O–H groups in total. The van der Waals surface area contributed by atoms with Crippen LogP contribution in [0, 0.1) is 6.92 Å². The molecule has 0 aromatic heterocycles. The molecule has 2 aromatic carbocycles. The lowest BCUT2D eigenvalue weighted by atomic mass is 9.97. The number of aryl methyl sites for hydroxylation is 2. The normalized spacial score (nSPS) is 12.4. The zero-order valence-corrected chi connectivity index (χ0v) is 12.5. The minimum absolute atomic E-state index is 0.184. The second-order valence-electron chi connectivity index (χ2n) is 4.83. The molecule has 0 heterocycles. The second-order valence-corrected chi connectivity index (χ2v) is 5.23. The Labute approximate surface area is 120 Å². The Bertz CT molecular complexity index is 546. The molecule has 0 aliphatic heterocycles. The zero-order valence-electron chi connectivity index (χ0n) is 11.7. The van der Waals surface area contributed by atoms with Crippen molar-refractivity contribution in [3.05, 3.63) is 69.7 Å². The van der Waals surface area contributed by atoms with Gasteiger partial charge in [-0.1, -0.05) is 54.9 Å². The predicted molar refractivity (Wildman–Crippen MR) is 82.9 cm³/mol. The summed E-state index contributed by atoms with van der Waals surface area (Å²) >= 11 is 6.22. The topological polar surface area (TPSA) is 12.0 Å². The van der Waals surface area contributed by atoms with E-state index in [2.05, 4.69) is 48.6 Å². The van der Waals surface area contributed by atoms with E-state index in [4.69, 9.17) is 11.6 Å². The number of rotatable bonds is 4. The van der Waals surface area contributed by atoms with Crippen LogP contribution in [0.25, 0.3) is 0 Å². The first-order valence-electron chi connectivity index (χ1n) is 6.68. The molecule has 0 saturated carbocycles. The van der Waals surface area contributed by atoms with Gasteiger partial charge in [-0.05, 0) is 48.7 Å². The van der Waals surface area contributed by atoms with Gasteiger partial charge >= 0.3 is 0 Å². The molecule has 2 heteroatoms. The number of hydrogen-bond acceptors (Lipinski definition) is 1. The molecule has 0 fully saturated rings. The van der Waals surface area contributed by atoms with Crippen LogP contribution in [0.3, 0.4) is 0 Å². The van der Waals surface area contributed by atoms with E-state index in [1.54, 1.807) is 0 Å². The Kier molecular flexibility index (Phi) is 4.62. The Hall–Kier alpha value is -1.31. The lowest BCUT2D eigenvalue weighted by Gasteiger charge is -2.18. The first-order valence-corrected chi connectivity index (χ1v) is 7.05. The van der Waals surface area contributed by atoms with Gasteiger partial charge in [-0.3, -0.25) is 0 Å². The third kappa shape index (κ3) is 3.17. The predicted octanol–water partition coefficient (Wildman–Crippen LogP) is 4.52. The van der Waals surface area contributed by atoms with Crippen molar-refractivity contribution in [2.75, 3.05) is 7.05 Å². The highest BCUT2D eigenvalue weighted by atomic mass is 35.5. The monoisotopic (exact) mass is 273 g/mol. The van der Waals surface area contributed by atoms with Gasteiger partial charge < -0.3 is 5.32 Å². The van der Waals surface area contributed by atoms with Crippen LogP contribution in [0.15, 0.2) is 42.5 Å². The van der Waals surface area contributed by atoms with Gasteiger partial charge in [0.1, 0.15) is 0 Å². The zero-order chi connectivity index (χ0) is 13.8. The van der Waals surface area contributed by atoms with Crippen LogP contribution in [0.4, 0.5) is 0 Å². The highest BCUT2D eigenvalue weighted by Crippen LogP contribution is 2.26. The molecule has 0 amide bonds. The van der Waals surface area contributed by atoms with E-state index in [-0.39, 0.29) is 6.04 Å². The summed E-state index contributed by atoms with van der Waals surface area (Å²) in [4.78, 5) is 0. The van der Waals surface area contributed by atoms with Crippen molar-refractivity contribution in [2.24, 2.45) is 0 Å². The summed E-state index contributed by atoms with van der Waals surface area (Å²) < 4.78 is 0. The van der Waals surface area contributed by atoms with Crippen LogP contribution in [-0.4, -0.2) is 7.05 Å². The van der Waals surface area contributed by atoms with E-state index < -0.39 is 0 Å². The van der Waals surface area contributed by atoms with Crippen LogP contribution in [0.1, 0.15) is 35.2 Å². The summed E-state index contributed by atoms with van der Waals surface area (Å²) in [7, 11) is 1.98. The largest absolute Gasteiger partial charge is 0.309 e. The van der Waals surface area contributed by atoms with Crippen LogP contribution in [-0.2, 0) is 6.42 Å². The summed E-state index contributed by atoms with van der Waals surface area (Å²) in [6.07, 6.45) is 1.07. The van der Waals surface area contributed by atoms with E-state index >= 15 is 0 Å². The average molecular weight is 274 g/mol. The molecule has 0 aliphatic carbocycles. The van der Waals surface area contributed by atoms with Crippen LogP contribution in [0.2, 0.25) is 5.02 Å². The standard InChI is InChI=1S/C17H20ClN/c1-4-13-6-9-14(10-7-13)17(19-3)15-8-5-12(2)16(18)11-15/h5-11,17,19H,4H2,1-3H3. The Balaban J connectivity index is 2.34. The number of benzene rings is 2. The van der Waals surface area contributed by atoms with Crippen molar-refractivity contribution >= 4 is 11.6 Å². The van der Waals surface area contributed by atoms with Crippen LogP contribution in [0.5, 0.6) is 0 Å². The minimum Gasteiger partial charge on any atom is -0.309 e. The van der Waals surface area contributed by atoms with E-state index in [1.807, 2.05) is 20.0 Å². The van der Waals surface area contributed by atoms with Gasteiger partial charge in [-0.25, -0.2) is 0 Å². The smallest absolute Gasteiger partial charge is 0.0574 e. The molecule has 1 nitrogen and oxygen atoms in total. The molecule has 0 spiro atoms. The minimum atomic E-state index is 0.184. The second kappa shape index (κ2) is 6.23. The molecule has 2 rings (SSSR count). The van der Waals surface area contributed by atoms with Crippen molar-refractivity contribution < 1.29 is 0 Å². The lowest BCUT2D eigenvalue weighted by Crippen LogP contribution is -2.17. The molecular formula is C17H20ClN. The Morgan fingerprint density at radius 1 is 1.05 bits per heavy atom. The van der Waals surface area contributed by atoms with Crippen LogP contribution >= 0.6 is 11.6 Å². The first-order chi connectivity index (χ1) is 9.15. The summed E-state index contributed by atoms with van der Waals surface area (Å²) in [6.45, 7) is 4.20. The van der Waals surface area contributed by atoms with Crippen molar-refractivity contribution in [1.82, 2.24) is 5.32 Å². The molecule has 2 aromatic rings. The molecule has 1 atom stereocenters. The summed E-state index contributed by atoms with van der Waals surface area (Å²) in [6, 6.07) is 15.2. The van der Waals surface area contributed by atoms with Gasteiger partial charge in [0.05, 0.1) is 6.04 Å². The quantitative estimate of drug-likeness (QED) is 0.864. The fourth-order valence-electron chi connectivity index (χ4n) is 2.26. The highest BCUT2D eigenvalue weighted by Gasteiger charge is 2.12. The third-order valence-corrected chi connectivity index (χ3v) is 3.95. The average Bonchev–Trinajstić information content (AvgIpc) is 2.44. The van der Waals surface area contributed by atoms with E-state index in [9.17, 15) is 0 Å². The SMILES string of the molecule is CCc1ccc(C(NC)c2ccc(C)c(Cl)c2)cc1. The van der Waals surface area contributed by atoms with Crippen molar-refractivity contribution in [1.29, 1.82) is 0 Å². The molecule has 0 saturated heterocycles. The van der Waals surface area contributed by atoms with Gasteiger partial charge in [-0.15, -0.1) is 0 Å². The molecule has 0 radical (unpaired) electrons. The molecule has 1 unspecified atom stereocenters. The van der Waals surface area contributed by atoms with Gasteiger partial charge in [0.25, 0.3) is 0 Å². The number of nitrogens with one attached hydrogen (secondary N) is 1. The highest BCUT2D eigenvalue weighted by molar-refractivity contribution is 6.31. The molecule has 100 valence electrons. The molecular weight excluding hydrogens is 254 g/mol.